The minimum atomic E-state index is -0.575. The summed E-state index contributed by atoms with van der Waals surface area (Å²) in [5.41, 5.74) is 47.0. The Labute approximate surface area is 457 Å². The van der Waals surface area contributed by atoms with Crippen molar-refractivity contribution in [3.05, 3.63) is 0 Å². The van der Waals surface area contributed by atoms with E-state index in [4.69, 9.17) is 72.0 Å². The Morgan fingerprint density at radius 3 is 0.827 bits per heavy atom. The first kappa shape index (κ1) is 76.3. The molecule has 7 saturated carbocycles. The molecule has 7 rings (SSSR count). The van der Waals surface area contributed by atoms with E-state index in [0.29, 0.717) is 83.1 Å². The van der Waals surface area contributed by atoms with Crippen LogP contribution in [0.3, 0.4) is 0 Å². The number of hydrogen-bond acceptors (Lipinski definition) is 18. The van der Waals surface area contributed by atoms with Crippen LogP contribution in [0.5, 0.6) is 0 Å². The molecule has 18 heteroatoms. The van der Waals surface area contributed by atoms with E-state index in [1.165, 1.54) is 64.2 Å². The summed E-state index contributed by atoms with van der Waals surface area (Å²) in [6.07, 6.45) is 31.6. The fourth-order valence-corrected chi connectivity index (χ4v) is 10.1. The molecular weight excluding hydrogens is 955 g/mol. The van der Waals surface area contributed by atoms with Gasteiger partial charge in [0, 0.05) is 62.2 Å². The summed E-state index contributed by atoms with van der Waals surface area (Å²) in [5.74, 6) is 1.16. The fourth-order valence-electron chi connectivity index (χ4n) is 10.1. The molecule has 0 saturated heterocycles. The number of rotatable bonds is 13. The van der Waals surface area contributed by atoms with Gasteiger partial charge in [0.15, 0.2) is 0 Å². The molecule has 27 N–H and O–H groups in total. The molecule has 18 nitrogen and oxygen atoms in total. The molecule has 0 aromatic carbocycles. The third kappa shape index (κ3) is 35.6. The maximum atomic E-state index is 9.56. The van der Waals surface area contributed by atoms with Crippen molar-refractivity contribution in [3.63, 3.8) is 0 Å². The topological polar surface area (TPSA) is 416 Å². The number of hydrogen-bond donors (Lipinski definition) is 18. The fraction of sp³-hybridized carbons (Fsp3) is 1.00. The van der Waals surface area contributed by atoms with Crippen LogP contribution in [0, 0.1) is 34.0 Å². The van der Waals surface area contributed by atoms with Gasteiger partial charge in [-0.1, -0.05) is 104 Å². The summed E-state index contributed by atoms with van der Waals surface area (Å²) in [5, 5.41) is 81.9. The summed E-state index contributed by atoms with van der Waals surface area (Å²) < 4.78 is 0. The molecule has 0 spiro atoms. The lowest BCUT2D eigenvalue weighted by Crippen LogP contribution is -2.40. The second-order valence-corrected chi connectivity index (χ2v) is 24.8. The zero-order valence-corrected chi connectivity index (χ0v) is 48.7. The lowest BCUT2D eigenvalue weighted by Gasteiger charge is -2.38. The van der Waals surface area contributed by atoms with Gasteiger partial charge < -0.3 is 97.6 Å². The SMILES string of the molecule is CC(C)(CN)CO.CC(C)(O)CCN.NCC1(CO)CCC1.NCC1(CO)CCCC1.NCC1(O)CCCC1.NCC1(O)CCCCC1.NC[C@@H]1CCCC[C@H]1O.NC[C@H]1CCCC[C@@H]1O.NC[C@H]1CCCC[C@H]1O. The van der Waals surface area contributed by atoms with Gasteiger partial charge in [0.05, 0.1) is 35.1 Å². The van der Waals surface area contributed by atoms with E-state index in [9.17, 15) is 25.5 Å². The van der Waals surface area contributed by atoms with E-state index in [1.54, 1.807) is 13.8 Å². The molecule has 0 aromatic heterocycles. The van der Waals surface area contributed by atoms with Crippen LogP contribution in [0.2, 0.25) is 0 Å². The van der Waals surface area contributed by atoms with Crippen LogP contribution in [-0.2, 0) is 0 Å². The molecule has 7 aliphatic rings. The molecule has 0 radical (unpaired) electrons. The van der Waals surface area contributed by atoms with Crippen molar-refractivity contribution >= 4 is 0 Å². The smallest absolute Gasteiger partial charge is 0.0769 e. The zero-order valence-electron chi connectivity index (χ0n) is 48.7. The van der Waals surface area contributed by atoms with Gasteiger partial charge >= 0.3 is 0 Å². The lowest BCUT2D eigenvalue weighted by atomic mass is 9.69. The van der Waals surface area contributed by atoms with E-state index < -0.39 is 16.8 Å². The van der Waals surface area contributed by atoms with Crippen molar-refractivity contribution in [1.82, 2.24) is 0 Å². The van der Waals surface area contributed by atoms with E-state index in [2.05, 4.69) is 0 Å². The highest BCUT2D eigenvalue weighted by Gasteiger charge is 2.35. The Morgan fingerprint density at radius 2 is 0.693 bits per heavy atom. The van der Waals surface area contributed by atoms with Crippen molar-refractivity contribution in [2.24, 2.45) is 85.6 Å². The van der Waals surface area contributed by atoms with Crippen LogP contribution < -0.4 is 51.6 Å². The van der Waals surface area contributed by atoms with Crippen LogP contribution in [0.4, 0.5) is 0 Å². The van der Waals surface area contributed by atoms with E-state index in [-0.39, 0.29) is 54.4 Å². The summed E-state index contributed by atoms with van der Waals surface area (Å²) in [6.45, 7) is 13.3. The van der Waals surface area contributed by atoms with Crippen LogP contribution in [-0.4, -0.2) is 160 Å². The molecule has 6 atom stereocenters. The lowest BCUT2D eigenvalue weighted by molar-refractivity contribution is 0.0127. The summed E-state index contributed by atoms with van der Waals surface area (Å²) >= 11 is 0. The Hall–Kier alpha value is -0.720. The quantitative estimate of drug-likeness (QED) is 0.126. The first-order valence-electron chi connectivity index (χ1n) is 29.8. The van der Waals surface area contributed by atoms with Crippen molar-refractivity contribution in [2.45, 2.75) is 249 Å². The predicted octanol–water partition coefficient (Wildman–Crippen LogP) is 3.05. The van der Waals surface area contributed by atoms with E-state index in [1.807, 2.05) is 13.8 Å². The standard InChI is InChI=1S/5C7H15NO.2C6H13NO.2C5H13NO/c8-5-7(6-9)3-1-2-4-7;3*8-5-6-3-1-2-4-7(6)9;8-6-7(9)4-2-1-3-5-7;7-4-6(5-8)2-1-3-6;7-5-6(8)3-1-2-4-6;1-5(2,3-6)4-7;1-5(2,7)3-4-6/h9H,1-6,8H2;3*6-7,9H,1-5,8H2;9H,1-6,8H2;2*8H,1-5,7H2;2*7H,3-4,6H2,1-2H3/t;2*6-,7+;6-,7-;;;;;/m.101...../s1. The van der Waals surface area contributed by atoms with Gasteiger partial charge in [0.25, 0.3) is 0 Å². The van der Waals surface area contributed by atoms with Gasteiger partial charge in [-0.05, 0) is 161 Å². The second kappa shape index (κ2) is 43.1. The molecule has 0 unspecified atom stereocenters. The van der Waals surface area contributed by atoms with Gasteiger partial charge in [0.2, 0.25) is 0 Å². The first-order valence-corrected chi connectivity index (χ1v) is 29.8. The van der Waals surface area contributed by atoms with Crippen molar-refractivity contribution in [1.29, 1.82) is 0 Å². The van der Waals surface area contributed by atoms with Gasteiger partial charge in [-0.2, -0.15) is 0 Å². The first-order chi connectivity index (χ1) is 35.4. The molecule has 0 amide bonds. The van der Waals surface area contributed by atoms with Gasteiger partial charge in [0.1, 0.15) is 0 Å². The average Bonchev–Trinajstić information content (AvgIpc) is 4.08. The molecule has 454 valence electrons. The summed E-state index contributed by atoms with van der Waals surface area (Å²) in [7, 11) is 0. The molecule has 75 heavy (non-hydrogen) atoms. The minimum Gasteiger partial charge on any atom is -0.396 e. The average molecular weight is 1080 g/mol. The Bertz CT molecular complexity index is 1200. The molecule has 0 heterocycles. The Balaban J connectivity index is 0. The maximum Gasteiger partial charge on any atom is 0.0769 e. The summed E-state index contributed by atoms with van der Waals surface area (Å²) in [4.78, 5) is 0. The van der Waals surface area contributed by atoms with Gasteiger partial charge in [-0.3, -0.25) is 0 Å². The highest BCUT2D eigenvalue weighted by atomic mass is 16.3. The van der Waals surface area contributed by atoms with Crippen molar-refractivity contribution < 1.29 is 46.0 Å². The number of aliphatic hydroxyl groups excluding tert-OH is 6. The third-order valence-electron chi connectivity index (χ3n) is 16.9. The van der Waals surface area contributed by atoms with E-state index in [0.717, 1.165) is 116 Å². The van der Waals surface area contributed by atoms with Crippen molar-refractivity contribution in [2.75, 3.05) is 78.7 Å². The normalized spacial score (nSPS) is 27.0. The highest BCUT2D eigenvalue weighted by molar-refractivity contribution is 4.88. The summed E-state index contributed by atoms with van der Waals surface area (Å²) in [6, 6.07) is 0. The van der Waals surface area contributed by atoms with Crippen LogP contribution in [0.25, 0.3) is 0 Å². The third-order valence-corrected chi connectivity index (χ3v) is 16.9. The van der Waals surface area contributed by atoms with E-state index >= 15 is 0 Å². The molecule has 7 aliphatic carbocycles. The number of aliphatic hydroxyl groups is 9. The maximum absolute atomic E-state index is 9.56. The predicted molar refractivity (Wildman–Crippen MR) is 310 cm³/mol. The van der Waals surface area contributed by atoms with Gasteiger partial charge in [-0.15, -0.1) is 0 Å². The molecule has 0 aliphatic heterocycles. The second-order valence-electron chi connectivity index (χ2n) is 24.8. The van der Waals surface area contributed by atoms with Gasteiger partial charge in [-0.25, -0.2) is 0 Å². The molecule has 0 aromatic rings. The van der Waals surface area contributed by atoms with Crippen LogP contribution in [0.15, 0.2) is 0 Å². The monoisotopic (exact) mass is 1080 g/mol. The molecule has 0 bridgehead atoms. The van der Waals surface area contributed by atoms with Crippen molar-refractivity contribution in [3.8, 4) is 0 Å². The zero-order chi connectivity index (χ0) is 57.5. The molecule has 7 fully saturated rings. The largest absolute Gasteiger partial charge is 0.396 e. The molecular formula is C57H127N9O9. The Morgan fingerprint density at radius 1 is 0.400 bits per heavy atom. The highest BCUT2D eigenvalue weighted by Crippen LogP contribution is 2.39. The Kier molecular flexibility index (Phi) is 43.8. The van der Waals surface area contributed by atoms with Crippen LogP contribution >= 0.6 is 0 Å². The number of nitrogens with two attached hydrogens (primary N) is 9. The van der Waals surface area contributed by atoms with Crippen LogP contribution in [0.1, 0.15) is 214 Å². The minimum absolute atomic E-state index is 0.0833.